The van der Waals surface area contributed by atoms with E-state index in [2.05, 4.69) is 18.7 Å². The highest BCUT2D eigenvalue weighted by atomic mass is 19.1. The van der Waals surface area contributed by atoms with Crippen LogP contribution in [0, 0.1) is 5.82 Å². The molecule has 0 aliphatic carbocycles. The zero-order valence-corrected chi connectivity index (χ0v) is 15.1. The van der Waals surface area contributed by atoms with Gasteiger partial charge in [-0.1, -0.05) is 33.8 Å². The molecule has 3 atom stereocenters. The normalized spacial score (nSPS) is 22.5. The maximum Gasteiger partial charge on any atom is 0.128 e. The van der Waals surface area contributed by atoms with Gasteiger partial charge in [0.15, 0.2) is 0 Å². The molecular formula is C19H33FN2O. The highest BCUT2D eigenvalue weighted by molar-refractivity contribution is 5.41. The second kappa shape index (κ2) is 9.89. The topological polar surface area (TPSA) is 49.5 Å². The van der Waals surface area contributed by atoms with Crippen LogP contribution in [0.25, 0.3) is 0 Å². The van der Waals surface area contributed by atoms with Crippen molar-refractivity contribution in [1.82, 2.24) is 4.90 Å². The van der Waals surface area contributed by atoms with Crippen LogP contribution in [-0.4, -0.2) is 35.2 Å². The monoisotopic (exact) mass is 324 g/mol. The van der Waals surface area contributed by atoms with Gasteiger partial charge in [0.2, 0.25) is 0 Å². The van der Waals surface area contributed by atoms with E-state index >= 15 is 0 Å². The van der Waals surface area contributed by atoms with Gasteiger partial charge >= 0.3 is 0 Å². The molecule has 1 aliphatic rings. The van der Waals surface area contributed by atoms with Crippen molar-refractivity contribution in [3.05, 3.63) is 29.6 Å². The minimum absolute atomic E-state index is 0.0634. The summed E-state index contributed by atoms with van der Waals surface area (Å²) in [5.74, 6) is 0.0787. The number of nitrogen functional groups attached to an aromatic ring is 1. The van der Waals surface area contributed by atoms with Crippen molar-refractivity contribution >= 4 is 5.69 Å². The zero-order chi connectivity index (χ0) is 17.4. The van der Waals surface area contributed by atoms with E-state index in [9.17, 15) is 9.50 Å². The van der Waals surface area contributed by atoms with Crippen molar-refractivity contribution in [2.75, 3.05) is 18.8 Å². The molecule has 0 saturated carbocycles. The number of hydrogen-bond donors (Lipinski definition) is 2. The summed E-state index contributed by atoms with van der Waals surface area (Å²) >= 11 is 0. The minimum atomic E-state index is -0.190. The summed E-state index contributed by atoms with van der Waals surface area (Å²) in [6.07, 6.45) is 4.24. The van der Waals surface area contributed by atoms with Crippen molar-refractivity contribution in [2.24, 2.45) is 0 Å². The van der Waals surface area contributed by atoms with E-state index in [1.165, 1.54) is 18.9 Å². The van der Waals surface area contributed by atoms with Crippen molar-refractivity contribution in [3.63, 3.8) is 0 Å². The molecule has 1 fully saturated rings. The molecule has 4 heteroatoms. The Morgan fingerprint density at radius 1 is 1.35 bits per heavy atom. The van der Waals surface area contributed by atoms with Crippen molar-refractivity contribution in [3.8, 4) is 0 Å². The van der Waals surface area contributed by atoms with Gasteiger partial charge in [-0.05, 0) is 55.8 Å². The van der Waals surface area contributed by atoms with Crippen LogP contribution < -0.4 is 5.73 Å². The van der Waals surface area contributed by atoms with E-state index in [1.807, 2.05) is 13.8 Å². The molecule has 3 N–H and O–H groups in total. The number of aliphatic hydroxyl groups excluding tert-OH is 1. The van der Waals surface area contributed by atoms with Crippen LogP contribution in [0.2, 0.25) is 0 Å². The first-order valence-electron chi connectivity index (χ1n) is 8.89. The molecular weight excluding hydrogens is 291 g/mol. The predicted octanol–water partition coefficient (Wildman–Crippen LogP) is 4.16. The Morgan fingerprint density at radius 2 is 2.04 bits per heavy atom. The van der Waals surface area contributed by atoms with Crippen LogP contribution in [0.3, 0.4) is 0 Å². The molecule has 0 radical (unpaired) electrons. The quantitative estimate of drug-likeness (QED) is 0.800. The van der Waals surface area contributed by atoms with E-state index in [0.717, 1.165) is 31.5 Å². The Hall–Kier alpha value is -1.13. The third-order valence-corrected chi connectivity index (χ3v) is 4.66. The zero-order valence-electron chi connectivity index (χ0n) is 15.1. The maximum absolute atomic E-state index is 13.2. The smallest absolute Gasteiger partial charge is 0.128 e. The third-order valence-electron chi connectivity index (χ3n) is 4.66. The SMILES string of the molecule is CCC(C)c1ccc(N)cc1F.CCCN1CC(O)CC1CC. The molecule has 1 saturated heterocycles. The molecule has 0 bridgehead atoms. The highest BCUT2D eigenvalue weighted by Gasteiger charge is 2.28. The summed E-state index contributed by atoms with van der Waals surface area (Å²) in [6, 6.07) is 5.52. The molecule has 1 heterocycles. The number of nitrogens with zero attached hydrogens (tertiary/aromatic N) is 1. The lowest BCUT2D eigenvalue weighted by atomic mass is 9.98. The number of likely N-dealkylation sites (tertiary alicyclic amines) is 1. The Kier molecular flexibility index (Phi) is 8.56. The molecule has 3 nitrogen and oxygen atoms in total. The lowest BCUT2D eigenvalue weighted by molar-refractivity contribution is 0.175. The Balaban J connectivity index is 0.000000231. The van der Waals surface area contributed by atoms with Crippen LogP contribution in [0.4, 0.5) is 10.1 Å². The summed E-state index contributed by atoms with van der Waals surface area (Å²) in [6.45, 7) is 10.5. The number of halogens is 1. The number of benzene rings is 1. The number of anilines is 1. The fraction of sp³-hybridized carbons (Fsp3) is 0.684. The second-order valence-corrected chi connectivity index (χ2v) is 6.54. The van der Waals surface area contributed by atoms with Crippen molar-refractivity contribution in [1.29, 1.82) is 0 Å². The fourth-order valence-corrected chi connectivity index (χ4v) is 3.11. The molecule has 1 aliphatic heterocycles. The van der Waals surface area contributed by atoms with E-state index in [-0.39, 0.29) is 17.8 Å². The van der Waals surface area contributed by atoms with Gasteiger partial charge in [0.05, 0.1) is 6.10 Å². The summed E-state index contributed by atoms with van der Waals surface area (Å²) < 4.78 is 13.2. The molecule has 2 rings (SSSR count). The molecule has 0 aromatic heterocycles. The van der Waals surface area contributed by atoms with Crippen molar-refractivity contribution in [2.45, 2.75) is 71.4 Å². The van der Waals surface area contributed by atoms with Gasteiger partial charge in [0, 0.05) is 18.3 Å². The van der Waals surface area contributed by atoms with Crippen LogP contribution in [0.1, 0.15) is 64.9 Å². The van der Waals surface area contributed by atoms with Crippen LogP contribution >= 0.6 is 0 Å². The Morgan fingerprint density at radius 3 is 2.57 bits per heavy atom. The Labute approximate surface area is 140 Å². The number of hydrogen-bond acceptors (Lipinski definition) is 3. The van der Waals surface area contributed by atoms with Gasteiger partial charge in [-0.3, -0.25) is 4.90 Å². The minimum Gasteiger partial charge on any atom is -0.399 e. The molecule has 3 unspecified atom stereocenters. The molecule has 23 heavy (non-hydrogen) atoms. The number of aliphatic hydroxyl groups is 1. The molecule has 1 aromatic carbocycles. The van der Waals surface area contributed by atoms with Crippen LogP contribution in [0.15, 0.2) is 18.2 Å². The first-order valence-corrected chi connectivity index (χ1v) is 8.89. The van der Waals surface area contributed by atoms with E-state index < -0.39 is 0 Å². The first kappa shape index (κ1) is 19.9. The van der Waals surface area contributed by atoms with Gasteiger partial charge in [-0.15, -0.1) is 0 Å². The van der Waals surface area contributed by atoms with E-state index in [1.54, 1.807) is 12.1 Å². The molecule has 0 spiro atoms. The number of rotatable bonds is 5. The fourth-order valence-electron chi connectivity index (χ4n) is 3.11. The average molecular weight is 324 g/mol. The van der Waals surface area contributed by atoms with Gasteiger partial charge in [-0.2, -0.15) is 0 Å². The maximum atomic E-state index is 13.2. The first-order chi connectivity index (χ1) is 10.9. The summed E-state index contributed by atoms with van der Waals surface area (Å²) in [5.41, 5.74) is 6.67. The Bertz CT molecular complexity index is 467. The third kappa shape index (κ3) is 6.11. The van der Waals surface area contributed by atoms with Gasteiger partial charge in [-0.25, -0.2) is 4.39 Å². The largest absolute Gasteiger partial charge is 0.399 e. The summed E-state index contributed by atoms with van der Waals surface area (Å²) in [4.78, 5) is 2.41. The lowest BCUT2D eigenvalue weighted by Crippen LogP contribution is -2.29. The summed E-state index contributed by atoms with van der Waals surface area (Å²) in [5, 5.41) is 9.39. The molecule has 132 valence electrons. The van der Waals surface area contributed by atoms with Crippen LogP contribution in [-0.2, 0) is 0 Å². The number of nitrogens with two attached hydrogens (primary N) is 1. The van der Waals surface area contributed by atoms with Crippen molar-refractivity contribution < 1.29 is 9.50 Å². The van der Waals surface area contributed by atoms with Crippen LogP contribution in [0.5, 0.6) is 0 Å². The second-order valence-electron chi connectivity index (χ2n) is 6.54. The predicted molar refractivity (Wildman–Crippen MR) is 96.1 cm³/mol. The molecule has 0 amide bonds. The summed E-state index contributed by atoms with van der Waals surface area (Å²) in [7, 11) is 0. The van der Waals surface area contributed by atoms with Gasteiger partial charge in [0.25, 0.3) is 0 Å². The highest BCUT2D eigenvalue weighted by Crippen LogP contribution is 2.23. The van der Waals surface area contributed by atoms with E-state index in [4.69, 9.17) is 5.73 Å². The van der Waals surface area contributed by atoms with E-state index in [0.29, 0.717) is 11.7 Å². The number of β-amino-alcohol motifs (C(OH)–C–C–N with tert-alkyl or cyclic N) is 1. The lowest BCUT2D eigenvalue weighted by Gasteiger charge is -2.21. The standard InChI is InChI=1S/C10H14FN.C9H19NO/c1-3-7(2)9-5-4-8(12)6-10(9)11;1-3-5-10-7-9(11)6-8(10)4-2/h4-7H,3,12H2,1-2H3;8-9,11H,3-7H2,1-2H3. The van der Waals surface area contributed by atoms with Gasteiger partial charge < -0.3 is 10.8 Å². The van der Waals surface area contributed by atoms with Gasteiger partial charge in [0.1, 0.15) is 5.82 Å². The average Bonchev–Trinajstić information content (AvgIpc) is 2.87. The molecule has 1 aromatic rings.